The first kappa shape index (κ1) is 11.4. The van der Waals surface area contributed by atoms with Crippen LogP contribution in [0.3, 0.4) is 0 Å². The lowest BCUT2D eigenvalue weighted by Crippen LogP contribution is -2.42. The van der Waals surface area contributed by atoms with Gasteiger partial charge in [0.1, 0.15) is 0 Å². The summed E-state index contributed by atoms with van der Waals surface area (Å²) in [5.41, 5.74) is 0. The molecule has 0 radical (unpaired) electrons. The van der Waals surface area contributed by atoms with E-state index in [9.17, 15) is 4.79 Å². The second kappa shape index (κ2) is 5.25. The molecule has 1 saturated heterocycles. The molecule has 0 aromatic rings. The third kappa shape index (κ3) is 3.17. The Balaban J connectivity index is 2.35. The Labute approximate surface area is 92.4 Å². The van der Waals surface area contributed by atoms with Crippen molar-refractivity contribution >= 4 is 33.6 Å². The predicted octanol–water partition coefficient (Wildman–Crippen LogP) is 2.03. The van der Waals surface area contributed by atoms with E-state index in [0.29, 0.717) is 12.0 Å². The van der Waals surface area contributed by atoms with Crippen molar-refractivity contribution in [3.05, 3.63) is 0 Å². The van der Waals surface area contributed by atoms with Gasteiger partial charge in [0, 0.05) is 11.8 Å². The van der Waals surface area contributed by atoms with Gasteiger partial charge in [-0.25, -0.2) is 0 Å². The molecular formula is C9H16BrNOS. The summed E-state index contributed by atoms with van der Waals surface area (Å²) < 4.78 is 0. The number of nitrogens with one attached hydrogen (secondary N) is 1. The second-order valence-electron chi connectivity index (χ2n) is 3.51. The molecule has 1 fully saturated rings. The molecular weight excluding hydrogens is 250 g/mol. The Hall–Kier alpha value is 0.300. The van der Waals surface area contributed by atoms with Crippen molar-refractivity contribution in [3.8, 4) is 0 Å². The van der Waals surface area contributed by atoms with Gasteiger partial charge in [0.15, 0.2) is 0 Å². The lowest BCUT2D eigenvalue weighted by molar-refractivity contribution is -0.121. The van der Waals surface area contributed by atoms with Crippen LogP contribution in [0.1, 0.15) is 20.3 Å². The smallest absolute Gasteiger partial charge is 0.234 e. The summed E-state index contributed by atoms with van der Waals surface area (Å²) >= 11 is 5.27. The van der Waals surface area contributed by atoms with Crippen LogP contribution in [-0.2, 0) is 4.79 Å². The third-order valence-electron chi connectivity index (χ3n) is 2.34. The maximum absolute atomic E-state index is 11.5. The van der Waals surface area contributed by atoms with Crippen LogP contribution in [0.2, 0.25) is 0 Å². The number of alkyl halides is 1. The highest BCUT2D eigenvalue weighted by atomic mass is 79.9. The van der Waals surface area contributed by atoms with E-state index in [1.54, 1.807) is 0 Å². The van der Waals surface area contributed by atoms with E-state index in [2.05, 4.69) is 28.2 Å². The molecule has 1 amide bonds. The van der Waals surface area contributed by atoms with Crippen LogP contribution in [-0.4, -0.2) is 28.3 Å². The topological polar surface area (TPSA) is 29.1 Å². The number of amides is 1. The van der Waals surface area contributed by atoms with E-state index in [0.717, 1.165) is 12.2 Å². The minimum absolute atomic E-state index is 0.0229. The number of hydrogen-bond acceptors (Lipinski definition) is 2. The molecule has 1 aliphatic rings. The van der Waals surface area contributed by atoms with E-state index in [4.69, 9.17) is 0 Å². The second-order valence-corrected chi connectivity index (χ2v) is 5.69. The van der Waals surface area contributed by atoms with Crippen LogP contribution in [0.5, 0.6) is 0 Å². The van der Waals surface area contributed by atoms with Crippen molar-refractivity contribution in [2.24, 2.45) is 5.92 Å². The highest BCUT2D eigenvalue weighted by molar-refractivity contribution is 9.10. The summed E-state index contributed by atoms with van der Waals surface area (Å²) in [5.74, 6) is 2.99. The van der Waals surface area contributed by atoms with Crippen LogP contribution in [0, 0.1) is 5.92 Å². The van der Waals surface area contributed by atoms with Gasteiger partial charge in [-0.3, -0.25) is 4.79 Å². The highest BCUT2D eigenvalue weighted by Crippen LogP contribution is 2.23. The van der Waals surface area contributed by atoms with Crippen LogP contribution in [0.25, 0.3) is 0 Å². The van der Waals surface area contributed by atoms with Gasteiger partial charge in [0.25, 0.3) is 0 Å². The maximum atomic E-state index is 11.5. The number of halogens is 1. The molecule has 3 unspecified atom stereocenters. The molecule has 1 aliphatic heterocycles. The van der Waals surface area contributed by atoms with Gasteiger partial charge in [-0.2, -0.15) is 11.8 Å². The molecule has 76 valence electrons. The summed E-state index contributed by atoms with van der Waals surface area (Å²) in [7, 11) is 0. The van der Waals surface area contributed by atoms with Gasteiger partial charge >= 0.3 is 0 Å². The molecule has 0 saturated carbocycles. The molecule has 2 nitrogen and oxygen atoms in total. The molecule has 1 heterocycles. The van der Waals surface area contributed by atoms with Crippen LogP contribution < -0.4 is 5.32 Å². The Morgan fingerprint density at radius 2 is 2.38 bits per heavy atom. The van der Waals surface area contributed by atoms with E-state index < -0.39 is 0 Å². The first-order valence-electron chi connectivity index (χ1n) is 4.67. The van der Waals surface area contributed by atoms with Crippen molar-refractivity contribution < 1.29 is 4.79 Å². The fourth-order valence-corrected chi connectivity index (χ4v) is 2.84. The number of hydrogen-bond donors (Lipinski definition) is 1. The van der Waals surface area contributed by atoms with Crippen LogP contribution in [0.4, 0.5) is 0 Å². The van der Waals surface area contributed by atoms with E-state index >= 15 is 0 Å². The lowest BCUT2D eigenvalue weighted by Gasteiger charge is -2.18. The molecule has 0 aromatic heterocycles. The summed E-state index contributed by atoms with van der Waals surface area (Å²) in [5, 5.41) is 3.07. The zero-order chi connectivity index (χ0) is 9.84. The van der Waals surface area contributed by atoms with E-state index in [1.165, 1.54) is 5.75 Å². The van der Waals surface area contributed by atoms with Gasteiger partial charge in [0.05, 0.1) is 4.83 Å². The summed E-state index contributed by atoms with van der Waals surface area (Å²) in [6.07, 6.45) is 0.847. The van der Waals surface area contributed by atoms with E-state index in [-0.39, 0.29) is 10.7 Å². The first-order valence-corrected chi connectivity index (χ1v) is 6.74. The quantitative estimate of drug-likeness (QED) is 0.792. The number of rotatable bonds is 3. The fourth-order valence-electron chi connectivity index (χ4n) is 1.30. The maximum Gasteiger partial charge on any atom is 0.234 e. The van der Waals surface area contributed by atoms with Gasteiger partial charge in [-0.05, 0) is 18.1 Å². The molecule has 13 heavy (non-hydrogen) atoms. The molecule has 1 rings (SSSR count). The molecule has 3 atom stereocenters. The average molecular weight is 266 g/mol. The Kier molecular flexibility index (Phi) is 4.59. The van der Waals surface area contributed by atoms with Gasteiger partial charge < -0.3 is 5.32 Å². The zero-order valence-corrected chi connectivity index (χ0v) is 10.5. The largest absolute Gasteiger partial charge is 0.351 e. The summed E-state index contributed by atoms with van der Waals surface area (Å²) in [6.45, 7) is 4.20. The minimum Gasteiger partial charge on any atom is -0.351 e. The monoisotopic (exact) mass is 265 g/mol. The van der Waals surface area contributed by atoms with Gasteiger partial charge in [-0.15, -0.1) is 0 Å². The molecule has 0 bridgehead atoms. The zero-order valence-electron chi connectivity index (χ0n) is 8.05. The van der Waals surface area contributed by atoms with Crippen molar-refractivity contribution in [3.63, 3.8) is 0 Å². The molecule has 4 heteroatoms. The number of thioether (sulfide) groups is 1. The first-order chi connectivity index (χ1) is 6.15. The molecule has 1 N–H and O–H groups in total. The summed E-state index contributed by atoms with van der Waals surface area (Å²) in [6, 6.07) is 0.379. The average Bonchev–Trinajstić information content (AvgIpc) is 2.50. The third-order valence-corrected chi connectivity index (χ3v) is 4.76. The van der Waals surface area contributed by atoms with Crippen LogP contribution in [0.15, 0.2) is 0 Å². The lowest BCUT2D eigenvalue weighted by atomic mass is 10.1. The normalized spacial score (nSPS) is 30.1. The Bertz CT molecular complexity index is 188. The minimum atomic E-state index is -0.0229. The standard InChI is InChI=1S/C9H16BrNOS/c1-3-7(10)9(12)11-8-5-13-4-6(8)2/h6-8H,3-5H2,1-2H3,(H,11,12). The Morgan fingerprint density at radius 1 is 1.69 bits per heavy atom. The number of carbonyl (C=O) groups excluding carboxylic acids is 1. The molecule has 0 aromatic carbocycles. The van der Waals surface area contributed by atoms with E-state index in [1.807, 2.05) is 18.7 Å². The highest BCUT2D eigenvalue weighted by Gasteiger charge is 2.26. The molecule has 0 spiro atoms. The van der Waals surface area contributed by atoms with Gasteiger partial charge in [0.2, 0.25) is 5.91 Å². The summed E-state index contributed by atoms with van der Waals surface area (Å²) in [4.78, 5) is 11.5. The van der Waals surface area contributed by atoms with Crippen LogP contribution >= 0.6 is 27.7 Å². The van der Waals surface area contributed by atoms with Crippen molar-refractivity contribution in [2.45, 2.75) is 31.1 Å². The van der Waals surface area contributed by atoms with Crippen molar-refractivity contribution in [1.82, 2.24) is 5.32 Å². The van der Waals surface area contributed by atoms with Gasteiger partial charge in [-0.1, -0.05) is 29.8 Å². The van der Waals surface area contributed by atoms with Crippen molar-refractivity contribution in [1.29, 1.82) is 0 Å². The predicted molar refractivity (Wildman–Crippen MR) is 61.4 cm³/mol. The Morgan fingerprint density at radius 3 is 2.85 bits per heavy atom. The molecule has 0 aliphatic carbocycles. The SMILES string of the molecule is CCC(Br)C(=O)NC1CSCC1C. The fraction of sp³-hybridized carbons (Fsp3) is 0.889. The van der Waals surface area contributed by atoms with Crippen molar-refractivity contribution in [2.75, 3.05) is 11.5 Å². The number of carbonyl (C=O) groups is 1.